The fraction of sp³-hybridized carbons (Fsp3) is 0.550. The molecule has 1 aromatic heterocycles. The number of imidazole rings is 1. The summed E-state index contributed by atoms with van der Waals surface area (Å²) in [6.07, 6.45) is 1.94. The number of nitrogens with zero attached hydrogens (tertiary/aromatic N) is 3. The largest absolute Gasteiger partial charge is 0.349 e. The van der Waals surface area contributed by atoms with Gasteiger partial charge < -0.3 is 14.8 Å². The zero-order valence-corrected chi connectivity index (χ0v) is 16.0. The van der Waals surface area contributed by atoms with Gasteiger partial charge in [0, 0.05) is 18.0 Å². The number of aromatic nitrogens is 2. The molecule has 0 aliphatic heterocycles. The molecule has 6 heteroatoms. The Balaban J connectivity index is 1.85. The summed E-state index contributed by atoms with van der Waals surface area (Å²) in [6, 6.07) is 8.05. The van der Waals surface area contributed by atoms with Gasteiger partial charge in [0.15, 0.2) is 0 Å². The zero-order valence-electron chi connectivity index (χ0n) is 16.0. The van der Waals surface area contributed by atoms with Gasteiger partial charge in [0.1, 0.15) is 12.4 Å². The highest BCUT2D eigenvalue weighted by Gasteiger charge is 2.29. The van der Waals surface area contributed by atoms with Gasteiger partial charge in [-0.2, -0.15) is 0 Å². The van der Waals surface area contributed by atoms with E-state index in [1.165, 1.54) is 0 Å². The number of fused-ring (bicyclic) bond motifs is 1. The average molecular weight is 356 g/mol. The number of amides is 2. The van der Waals surface area contributed by atoms with Crippen molar-refractivity contribution in [2.75, 3.05) is 0 Å². The minimum absolute atomic E-state index is 0.0629. The normalized spacial score (nSPS) is 14.2. The van der Waals surface area contributed by atoms with Crippen LogP contribution in [0.25, 0.3) is 11.0 Å². The van der Waals surface area contributed by atoms with E-state index in [2.05, 4.69) is 10.3 Å². The molecule has 1 fully saturated rings. The third-order valence-electron chi connectivity index (χ3n) is 4.80. The van der Waals surface area contributed by atoms with Crippen molar-refractivity contribution in [1.82, 2.24) is 19.8 Å². The van der Waals surface area contributed by atoms with Crippen molar-refractivity contribution >= 4 is 22.8 Å². The minimum Gasteiger partial charge on any atom is -0.349 e. The van der Waals surface area contributed by atoms with Crippen molar-refractivity contribution in [3.63, 3.8) is 0 Å². The maximum Gasteiger partial charge on any atom is 0.243 e. The molecule has 3 rings (SSSR count). The van der Waals surface area contributed by atoms with Crippen molar-refractivity contribution in [1.29, 1.82) is 0 Å². The Morgan fingerprint density at radius 1 is 1.19 bits per heavy atom. The number of nitrogens with one attached hydrogen (secondary N) is 1. The third-order valence-corrected chi connectivity index (χ3v) is 4.80. The molecule has 1 saturated carbocycles. The van der Waals surface area contributed by atoms with E-state index < -0.39 is 0 Å². The fourth-order valence-corrected chi connectivity index (χ4v) is 3.48. The first-order chi connectivity index (χ1) is 12.4. The van der Waals surface area contributed by atoms with Gasteiger partial charge in [-0.15, -0.1) is 0 Å². The quantitative estimate of drug-likeness (QED) is 0.829. The van der Waals surface area contributed by atoms with Gasteiger partial charge in [0.2, 0.25) is 11.8 Å². The molecule has 0 spiro atoms. The summed E-state index contributed by atoms with van der Waals surface area (Å²) in [4.78, 5) is 31.5. The van der Waals surface area contributed by atoms with E-state index in [1.54, 1.807) is 0 Å². The van der Waals surface area contributed by atoms with Crippen LogP contribution >= 0.6 is 0 Å². The Hall–Kier alpha value is -2.37. The number of benzene rings is 1. The molecule has 0 radical (unpaired) electrons. The maximum atomic E-state index is 12.9. The molecule has 140 valence electrons. The summed E-state index contributed by atoms with van der Waals surface area (Å²) < 4.78 is 1.93. The lowest BCUT2D eigenvalue weighted by molar-refractivity contribution is -0.135. The average Bonchev–Trinajstić information content (AvgIpc) is 3.36. The molecule has 6 nitrogen and oxygen atoms in total. The van der Waals surface area contributed by atoms with E-state index in [0.29, 0.717) is 6.54 Å². The van der Waals surface area contributed by atoms with Crippen LogP contribution in [0, 0.1) is 5.92 Å². The topological polar surface area (TPSA) is 67.2 Å². The Morgan fingerprint density at radius 3 is 2.46 bits per heavy atom. The summed E-state index contributed by atoms with van der Waals surface area (Å²) in [5, 5.41) is 2.96. The molecule has 0 atom stereocenters. The first kappa shape index (κ1) is 18.4. The van der Waals surface area contributed by atoms with E-state index >= 15 is 0 Å². The van der Waals surface area contributed by atoms with Gasteiger partial charge in [-0.05, 0) is 52.7 Å². The van der Waals surface area contributed by atoms with Gasteiger partial charge in [-0.25, -0.2) is 4.98 Å². The molecular formula is C20H28N4O2. The van der Waals surface area contributed by atoms with Crippen LogP contribution < -0.4 is 5.32 Å². The van der Waals surface area contributed by atoms with Crippen LogP contribution in [0.1, 0.15) is 46.4 Å². The standard InChI is InChI=1S/C20H28N4O2/c1-13(2)24(14(3)4)19(25)12-23-17-8-6-5-7-16(17)22-18(23)11-21-20(26)15-9-10-15/h5-8,13-15H,9-12H2,1-4H3,(H,21,26). The molecule has 2 aromatic rings. The highest BCUT2D eigenvalue weighted by molar-refractivity contribution is 5.82. The van der Waals surface area contributed by atoms with Crippen LogP contribution in [-0.4, -0.2) is 38.3 Å². The van der Waals surface area contributed by atoms with E-state index in [9.17, 15) is 9.59 Å². The molecule has 1 aliphatic carbocycles. The van der Waals surface area contributed by atoms with E-state index in [0.717, 1.165) is 29.7 Å². The summed E-state index contributed by atoms with van der Waals surface area (Å²) in [7, 11) is 0. The van der Waals surface area contributed by atoms with Gasteiger partial charge in [0.05, 0.1) is 17.6 Å². The minimum atomic E-state index is 0.0629. The predicted molar refractivity (Wildman–Crippen MR) is 101 cm³/mol. The highest BCUT2D eigenvalue weighted by atomic mass is 16.2. The van der Waals surface area contributed by atoms with Gasteiger partial charge in [0.25, 0.3) is 0 Å². The van der Waals surface area contributed by atoms with E-state index in [-0.39, 0.29) is 36.4 Å². The second-order valence-electron chi connectivity index (χ2n) is 7.58. The van der Waals surface area contributed by atoms with Crippen LogP contribution in [0.4, 0.5) is 0 Å². The first-order valence-electron chi connectivity index (χ1n) is 9.41. The molecule has 1 heterocycles. The predicted octanol–water partition coefficient (Wildman–Crippen LogP) is 2.71. The van der Waals surface area contributed by atoms with Gasteiger partial charge in [-0.3, -0.25) is 9.59 Å². The lowest BCUT2D eigenvalue weighted by Crippen LogP contribution is -2.44. The Kier molecular flexibility index (Phi) is 5.30. The van der Waals surface area contributed by atoms with Crippen LogP contribution in [0.3, 0.4) is 0 Å². The lowest BCUT2D eigenvalue weighted by Gasteiger charge is -2.31. The second kappa shape index (κ2) is 7.48. The van der Waals surface area contributed by atoms with Gasteiger partial charge in [-0.1, -0.05) is 12.1 Å². The maximum absolute atomic E-state index is 12.9. The number of carbonyl (C=O) groups is 2. The summed E-state index contributed by atoms with van der Waals surface area (Å²) in [6.45, 7) is 8.69. The van der Waals surface area contributed by atoms with Crippen LogP contribution in [-0.2, 0) is 22.7 Å². The summed E-state index contributed by atoms with van der Waals surface area (Å²) >= 11 is 0. The van der Waals surface area contributed by atoms with E-state index in [1.807, 2.05) is 61.4 Å². The lowest BCUT2D eigenvalue weighted by atomic mass is 10.2. The third kappa shape index (κ3) is 3.89. The molecule has 0 unspecified atom stereocenters. The molecule has 0 saturated heterocycles. The van der Waals surface area contributed by atoms with Crippen LogP contribution in [0.15, 0.2) is 24.3 Å². The van der Waals surface area contributed by atoms with Crippen molar-refractivity contribution in [2.45, 2.75) is 65.7 Å². The number of carbonyl (C=O) groups excluding carboxylic acids is 2. The molecule has 1 aromatic carbocycles. The van der Waals surface area contributed by atoms with Gasteiger partial charge >= 0.3 is 0 Å². The molecular weight excluding hydrogens is 328 g/mol. The number of rotatable bonds is 7. The van der Waals surface area contributed by atoms with Crippen LogP contribution in [0.5, 0.6) is 0 Å². The Labute approximate surface area is 154 Å². The molecule has 0 bridgehead atoms. The number of hydrogen-bond donors (Lipinski definition) is 1. The summed E-state index contributed by atoms with van der Waals surface area (Å²) in [5.74, 6) is 1.03. The molecule has 1 aliphatic rings. The van der Waals surface area contributed by atoms with Crippen molar-refractivity contribution in [2.24, 2.45) is 5.92 Å². The SMILES string of the molecule is CC(C)N(C(=O)Cn1c(CNC(=O)C2CC2)nc2ccccc21)C(C)C. The number of hydrogen-bond acceptors (Lipinski definition) is 3. The first-order valence-corrected chi connectivity index (χ1v) is 9.41. The second-order valence-corrected chi connectivity index (χ2v) is 7.58. The molecule has 2 amide bonds. The van der Waals surface area contributed by atoms with E-state index in [4.69, 9.17) is 0 Å². The summed E-state index contributed by atoms with van der Waals surface area (Å²) in [5.41, 5.74) is 1.76. The Bertz CT molecular complexity index is 797. The smallest absolute Gasteiger partial charge is 0.243 e. The van der Waals surface area contributed by atoms with Crippen LogP contribution in [0.2, 0.25) is 0 Å². The van der Waals surface area contributed by atoms with Crippen molar-refractivity contribution in [3.05, 3.63) is 30.1 Å². The van der Waals surface area contributed by atoms with Crippen molar-refractivity contribution in [3.8, 4) is 0 Å². The monoisotopic (exact) mass is 356 g/mol. The highest BCUT2D eigenvalue weighted by Crippen LogP contribution is 2.29. The number of para-hydroxylation sites is 2. The Morgan fingerprint density at radius 2 is 1.85 bits per heavy atom. The fourth-order valence-electron chi connectivity index (χ4n) is 3.48. The molecule has 1 N–H and O–H groups in total. The van der Waals surface area contributed by atoms with Crippen molar-refractivity contribution < 1.29 is 9.59 Å². The molecule has 26 heavy (non-hydrogen) atoms. The zero-order chi connectivity index (χ0) is 18.8.